The number of hydrogen-bond acceptors (Lipinski definition) is 9. The van der Waals surface area contributed by atoms with Gasteiger partial charge in [0, 0.05) is 0 Å². The number of benzene rings is 3. The smallest absolute Gasteiger partial charge is 0.187 e. The minimum atomic E-state index is -1.23. The standard InChI is InChI=1S/C31H36O9/c32-16-24-26(33)28(36-18-22-12-6-2-7-13-22)31(40-24)38-20-25-27(35-17-21-10-4-1-5-11-21)29(30(34)39-25)37-19-23-14-8-3-9-15-23/h1-15,24-34H,16-20H2/t24-,25?,26-,27-,28+,29+,30+,31+/m1/s1. The van der Waals surface area contributed by atoms with Crippen LogP contribution in [0.1, 0.15) is 16.7 Å². The highest BCUT2D eigenvalue weighted by atomic mass is 16.7. The molecule has 0 amide bonds. The van der Waals surface area contributed by atoms with Gasteiger partial charge in [-0.15, -0.1) is 0 Å². The predicted molar refractivity (Wildman–Crippen MR) is 144 cm³/mol. The third-order valence-corrected chi connectivity index (χ3v) is 7.04. The van der Waals surface area contributed by atoms with Crippen molar-refractivity contribution in [3.8, 4) is 0 Å². The lowest BCUT2D eigenvalue weighted by atomic mass is 10.1. The average Bonchev–Trinajstić information content (AvgIpc) is 3.48. The average molecular weight is 553 g/mol. The molecule has 214 valence electrons. The summed E-state index contributed by atoms with van der Waals surface area (Å²) in [5.41, 5.74) is 2.85. The minimum Gasteiger partial charge on any atom is -0.394 e. The minimum absolute atomic E-state index is 0.0254. The van der Waals surface area contributed by atoms with Gasteiger partial charge in [-0.05, 0) is 16.7 Å². The van der Waals surface area contributed by atoms with E-state index in [9.17, 15) is 15.3 Å². The maximum atomic E-state index is 10.8. The van der Waals surface area contributed by atoms with Crippen LogP contribution in [0.5, 0.6) is 0 Å². The topological polar surface area (TPSA) is 116 Å². The van der Waals surface area contributed by atoms with Crippen LogP contribution in [-0.4, -0.2) is 77.7 Å². The molecule has 0 saturated carbocycles. The summed E-state index contributed by atoms with van der Waals surface area (Å²) < 4.78 is 35.9. The molecule has 2 aliphatic rings. The van der Waals surface area contributed by atoms with Gasteiger partial charge in [0.25, 0.3) is 0 Å². The first kappa shape index (κ1) is 28.8. The van der Waals surface area contributed by atoms with Gasteiger partial charge in [-0.2, -0.15) is 0 Å². The summed E-state index contributed by atoms with van der Waals surface area (Å²) in [6.45, 7) is 0.389. The molecule has 3 N–H and O–H groups in total. The van der Waals surface area contributed by atoms with E-state index >= 15 is 0 Å². The van der Waals surface area contributed by atoms with Gasteiger partial charge in [0.2, 0.25) is 0 Å². The van der Waals surface area contributed by atoms with Gasteiger partial charge in [-0.3, -0.25) is 0 Å². The van der Waals surface area contributed by atoms with Crippen LogP contribution in [-0.2, 0) is 48.2 Å². The first-order chi connectivity index (χ1) is 19.6. The molecular weight excluding hydrogens is 516 g/mol. The Morgan fingerprint density at radius 2 is 1.02 bits per heavy atom. The largest absolute Gasteiger partial charge is 0.394 e. The van der Waals surface area contributed by atoms with E-state index in [2.05, 4.69) is 0 Å². The third kappa shape index (κ3) is 7.32. The zero-order valence-electron chi connectivity index (χ0n) is 22.1. The summed E-state index contributed by atoms with van der Waals surface area (Å²) in [6.07, 6.45) is -7.07. The molecule has 2 heterocycles. The van der Waals surface area contributed by atoms with Crippen molar-refractivity contribution in [3.05, 3.63) is 108 Å². The van der Waals surface area contributed by atoms with Crippen LogP contribution < -0.4 is 0 Å². The molecule has 0 bridgehead atoms. The number of hydrogen-bond donors (Lipinski definition) is 3. The van der Waals surface area contributed by atoms with E-state index in [0.29, 0.717) is 0 Å². The summed E-state index contributed by atoms with van der Waals surface area (Å²) in [7, 11) is 0. The quantitative estimate of drug-likeness (QED) is 0.294. The Labute approximate surface area is 233 Å². The highest BCUT2D eigenvalue weighted by molar-refractivity contribution is 5.15. The lowest BCUT2D eigenvalue weighted by Gasteiger charge is -2.26. The van der Waals surface area contributed by atoms with Crippen LogP contribution in [0.4, 0.5) is 0 Å². The third-order valence-electron chi connectivity index (χ3n) is 7.04. The van der Waals surface area contributed by atoms with Crippen LogP contribution in [0.15, 0.2) is 91.0 Å². The van der Waals surface area contributed by atoms with Gasteiger partial charge >= 0.3 is 0 Å². The van der Waals surface area contributed by atoms with Crippen molar-refractivity contribution in [3.63, 3.8) is 0 Å². The Morgan fingerprint density at radius 1 is 0.550 bits per heavy atom. The molecule has 2 aliphatic heterocycles. The number of rotatable bonds is 13. The Hall–Kier alpha value is -2.70. The lowest BCUT2D eigenvalue weighted by molar-refractivity contribution is -0.208. The molecule has 40 heavy (non-hydrogen) atoms. The lowest BCUT2D eigenvalue weighted by Crippen LogP contribution is -2.41. The predicted octanol–water partition coefficient (Wildman–Crippen LogP) is 2.55. The number of aliphatic hydroxyl groups is 3. The highest BCUT2D eigenvalue weighted by Gasteiger charge is 2.49. The van der Waals surface area contributed by atoms with E-state index in [-0.39, 0.29) is 33.0 Å². The molecule has 0 spiro atoms. The van der Waals surface area contributed by atoms with Crippen LogP contribution in [0.25, 0.3) is 0 Å². The van der Waals surface area contributed by atoms with E-state index in [0.717, 1.165) is 16.7 Å². The van der Waals surface area contributed by atoms with Crippen molar-refractivity contribution in [1.82, 2.24) is 0 Å². The van der Waals surface area contributed by atoms with Crippen molar-refractivity contribution >= 4 is 0 Å². The first-order valence-electron chi connectivity index (χ1n) is 13.5. The van der Waals surface area contributed by atoms with Gasteiger partial charge in [0.1, 0.15) is 36.6 Å². The number of aliphatic hydroxyl groups excluding tert-OH is 3. The fourth-order valence-electron chi connectivity index (χ4n) is 4.88. The zero-order valence-corrected chi connectivity index (χ0v) is 22.1. The molecule has 3 aromatic carbocycles. The van der Waals surface area contributed by atoms with Crippen molar-refractivity contribution in [1.29, 1.82) is 0 Å². The molecule has 5 rings (SSSR count). The summed E-state index contributed by atoms with van der Waals surface area (Å²) >= 11 is 0. The second kappa shape index (κ2) is 14.3. The highest BCUT2D eigenvalue weighted by Crippen LogP contribution is 2.30. The van der Waals surface area contributed by atoms with Gasteiger partial charge in [-0.25, -0.2) is 0 Å². The monoisotopic (exact) mass is 552 g/mol. The Morgan fingerprint density at radius 3 is 1.52 bits per heavy atom. The molecule has 9 heteroatoms. The zero-order chi connectivity index (χ0) is 27.7. The van der Waals surface area contributed by atoms with E-state index in [1.807, 2.05) is 91.0 Å². The van der Waals surface area contributed by atoms with Gasteiger partial charge in [0.05, 0.1) is 33.0 Å². The molecule has 3 aromatic rings. The SMILES string of the molecule is OC[C@H]1O[C@H](OCC2O[C@H](O)[C@@H](OCc3ccccc3)[C@@H]2OCc2ccccc2)[C@@H](OCc2ccccc2)[C@@H]1O. The summed E-state index contributed by atoms with van der Waals surface area (Å²) in [5, 5.41) is 31.2. The maximum Gasteiger partial charge on any atom is 0.187 e. The fourth-order valence-corrected chi connectivity index (χ4v) is 4.88. The van der Waals surface area contributed by atoms with Gasteiger partial charge < -0.3 is 43.7 Å². The second-order valence-electron chi connectivity index (χ2n) is 9.90. The van der Waals surface area contributed by atoms with E-state index in [1.54, 1.807) is 0 Å². The molecular formula is C31H36O9. The maximum absolute atomic E-state index is 10.8. The molecule has 1 unspecified atom stereocenters. The molecule has 2 saturated heterocycles. The van der Waals surface area contributed by atoms with Crippen molar-refractivity contribution in [2.24, 2.45) is 0 Å². The van der Waals surface area contributed by atoms with Gasteiger partial charge in [-0.1, -0.05) is 91.0 Å². The second-order valence-corrected chi connectivity index (χ2v) is 9.90. The Kier molecular flexibility index (Phi) is 10.3. The molecule has 2 fully saturated rings. The van der Waals surface area contributed by atoms with Crippen LogP contribution >= 0.6 is 0 Å². The number of ether oxygens (including phenoxy) is 6. The van der Waals surface area contributed by atoms with Crippen LogP contribution in [0.3, 0.4) is 0 Å². The summed E-state index contributed by atoms with van der Waals surface area (Å²) in [4.78, 5) is 0. The van der Waals surface area contributed by atoms with E-state index in [1.165, 1.54) is 0 Å². The first-order valence-corrected chi connectivity index (χ1v) is 13.5. The molecule has 8 atom stereocenters. The summed E-state index contributed by atoms with van der Waals surface area (Å²) in [6, 6.07) is 28.9. The molecule has 9 nitrogen and oxygen atoms in total. The normalized spacial score (nSPS) is 30.1. The Bertz CT molecular complexity index is 1130. The van der Waals surface area contributed by atoms with Crippen molar-refractivity contribution < 1.29 is 43.7 Å². The Balaban J connectivity index is 1.25. The van der Waals surface area contributed by atoms with E-state index in [4.69, 9.17) is 28.4 Å². The van der Waals surface area contributed by atoms with Crippen molar-refractivity contribution in [2.45, 2.75) is 69.0 Å². The van der Waals surface area contributed by atoms with Crippen LogP contribution in [0, 0.1) is 0 Å². The van der Waals surface area contributed by atoms with Crippen LogP contribution in [0.2, 0.25) is 0 Å². The summed E-state index contributed by atoms with van der Waals surface area (Å²) in [5.74, 6) is 0. The molecule has 0 radical (unpaired) electrons. The van der Waals surface area contributed by atoms with E-state index < -0.39 is 49.2 Å². The fraction of sp³-hybridized carbons (Fsp3) is 0.419. The van der Waals surface area contributed by atoms with Crippen molar-refractivity contribution in [2.75, 3.05) is 13.2 Å². The molecule has 0 aliphatic carbocycles. The molecule has 0 aromatic heterocycles. The van der Waals surface area contributed by atoms with Gasteiger partial charge in [0.15, 0.2) is 12.6 Å².